The lowest BCUT2D eigenvalue weighted by Gasteiger charge is -2.39. The van der Waals surface area contributed by atoms with E-state index in [1.807, 2.05) is 31.2 Å². The summed E-state index contributed by atoms with van der Waals surface area (Å²) in [4.78, 5) is 15.2. The van der Waals surface area contributed by atoms with E-state index in [4.69, 9.17) is 9.47 Å². The number of nitrogens with zero attached hydrogens (tertiary/aromatic N) is 1. The maximum Gasteiger partial charge on any atom is 0.241 e. The number of ether oxygens (including phenoxy) is 2. The van der Waals surface area contributed by atoms with Crippen molar-refractivity contribution in [1.82, 2.24) is 9.62 Å². The summed E-state index contributed by atoms with van der Waals surface area (Å²) in [5.41, 5.74) is 1.34. The third-order valence-electron chi connectivity index (χ3n) is 5.89. The van der Waals surface area contributed by atoms with Gasteiger partial charge in [0.15, 0.2) is 0 Å². The van der Waals surface area contributed by atoms with Gasteiger partial charge in [-0.05, 0) is 32.0 Å². The predicted molar refractivity (Wildman–Crippen MR) is 116 cm³/mol. The highest BCUT2D eigenvalue weighted by Gasteiger charge is 2.41. The molecular formula is C23H28N2O5S. The molecule has 2 aromatic rings. The van der Waals surface area contributed by atoms with E-state index in [0.717, 1.165) is 16.9 Å². The van der Waals surface area contributed by atoms with Gasteiger partial charge >= 0.3 is 0 Å². The van der Waals surface area contributed by atoms with Crippen LogP contribution in [-0.4, -0.2) is 50.6 Å². The highest BCUT2D eigenvalue weighted by molar-refractivity contribution is 7.89. The Kier molecular flexibility index (Phi) is 6.05. The Morgan fingerprint density at radius 1 is 1.10 bits per heavy atom. The molecule has 7 nitrogen and oxygen atoms in total. The number of aryl methyl sites for hydroxylation is 1. The normalized spacial score (nSPS) is 19.2. The minimum atomic E-state index is -3.81. The van der Waals surface area contributed by atoms with Crippen LogP contribution in [0.1, 0.15) is 30.9 Å². The molecule has 0 aromatic heterocycles. The first-order valence-corrected chi connectivity index (χ1v) is 12.0. The lowest BCUT2D eigenvalue weighted by Crippen LogP contribution is -2.54. The molecule has 1 saturated heterocycles. The van der Waals surface area contributed by atoms with Crippen LogP contribution < -0.4 is 9.46 Å². The molecule has 31 heavy (non-hydrogen) atoms. The molecule has 0 saturated carbocycles. The molecule has 8 heteroatoms. The van der Waals surface area contributed by atoms with Crippen LogP contribution in [0.5, 0.6) is 5.75 Å². The Bertz CT molecular complexity index is 1050. The zero-order valence-electron chi connectivity index (χ0n) is 17.8. The molecule has 1 amide bonds. The quantitative estimate of drug-likeness (QED) is 0.784. The summed E-state index contributed by atoms with van der Waals surface area (Å²) in [6.07, 6.45) is 1.35. The molecule has 2 aromatic carbocycles. The van der Waals surface area contributed by atoms with Crippen molar-refractivity contribution in [1.29, 1.82) is 0 Å². The lowest BCUT2D eigenvalue weighted by molar-refractivity contribution is -0.137. The summed E-state index contributed by atoms with van der Waals surface area (Å²) >= 11 is 0. The van der Waals surface area contributed by atoms with E-state index >= 15 is 0 Å². The molecule has 2 heterocycles. The van der Waals surface area contributed by atoms with Crippen LogP contribution in [0.25, 0.3) is 0 Å². The average Bonchev–Trinajstić information content (AvgIpc) is 2.90. The third-order valence-corrected chi connectivity index (χ3v) is 7.45. The summed E-state index contributed by atoms with van der Waals surface area (Å²) in [7, 11) is -3.81. The standard InChI is InChI=1S/C23H28N2O5S/c1-17-7-9-20(10-8-17)31(27,28)24-18(2)22(26)25-15-19-5-3-4-6-21(19)30-23(16-25)11-13-29-14-12-23/h3-10,18,24H,11-16H2,1-2H3. The number of sulfonamides is 1. The molecule has 1 N–H and O–H groups in total. The molecule has 1 atom stereocenters. The van der Waals surface area contributed by atoms with E-state index in [1.54, 1.807) is 36.1 Å². The van der Waals surface area contributed by atoms with Crippen LogP contribution in [-0.2, 0) is 26.1 Å². The molecule has 4 rings (SSSR count). The van der Waals surface area contributed by atoms with Crippen molar-refractivity contribution in [3.8, 4) is 5.75 Å². The highest BCUT2D eigenvalue weighted by Crippen LogP contribution is 2.35. The topological polar surface area (TPSA) is 84.9 Å². The average molecular weight is 445 g/mol. The minimum Gasteiger partial charge on any atom is -0.485 e. The van der Waals surface area contributed by atoms with E-state index in [9.17, 15) is 13.2 Å². The first kappa shape index (κ1) is 21.8. The Morgan fingerprint density at radius 3 is 2.48 bits per heavy atom. The summed E-state index contributed by atoms with van der Waals surface area (Å²) in [5.74, 6) is 0.495. The van der Waals surface area contributed by atoms with Crippen LogP contribution >= 0.6 is 0 Å². The van der Waals surface area contributed by atoms with Crippen LogP contribution in [0, 0.1) is 6.92 Å². The van der Waals surface area contributed by atoms with Gasteiger partial charge in [-0.2, -0.15) is 4.72 Å². The minimum absolute atomic E-state index is 0.142. The molecule has 166 valence electrons. The Labute approximate surface area is 183 Å². The van der Waals surface area contributed by atoms with Gasteiger partial charge in [-0.25, -0.2) is 8.42 Å². The number of amides is 1. The number of carbonyl (C=O) groups is 1. The molecule has 0 aliphatic carbocycles. The second kappa shape index (κ2) is 8.61. The van der Waals surface area contributed by atoms with E-state index < -0.39 is 21.7 Å². The van der Waals surface area contributed by atoms with Crippen LogP contribution in [0.3, 0.4) is 0 Å². The van der Waals surface area contributed by atoms with Gasteiger partial charge < -0.3 is 14.4 Å². The van der Waals surface area contributed by atoms with Crippen LogP contribution in [0.15, 0.2) is 53.4 Å². The number of hydrogen-bond donors (Lipinski definition) is 1. The van der Waals surface area contributed by atoms with E-state index in [1.165, 1.54) is 0 Å². The molecule has 0 bridgehead atoms. The zero-order chi connectivity index (χ0) is 22.1. The second-order valence-electron chi connectivity index (χ2n) is 8.36. The molecule has 1 unspecified atom stereocenters. The largest absolute Gasteiger partial charge is 0.485 e. The van der Waals surface area contributed by atoms with Crippen molar-refractivity contribution in [3.05, 3.63) is 59.7 Å². The fourth-order valence-corrected chi connectivity index (χ4v) is 5.31. The number of rotatable bonds is 4. The predicted octanol–water partition coefficient (Wildman–Crippen LogP) is 2.63. The number of fused-ring (bicyclic) bond motifs is 1. The van der Waals surface area contributed by atoms with Gasteiger partial charge in [-0.1, -0.05) is 35.9 Å². The second-order valence-corrected chi connectivity index (χ2v) is 10.1. The number of nitrogens with one attached hydrogen (secondary N) is 1. The first-order chi connectivity index (χ1) is 14.8. The van der Waals surface area contributed by atoms with Gasteiger partial charge in [0, 0.05) is 24.9 Å². The van der Waals surface area contributed by atoms with Crippen molar-refractivity contribution >= 4 is 15.9 Å². The maximum absolute atomic E-state index is 13.4. The van der Waals surface area contributed by atoms with Gasteiger partial charge in [0.1, 0.15) is 11.4 Å². The Hall–Kier alpha value is -2.42. The number of benzene rings is 2. The van der Waals surface area contributed by atoms with Crippen LogP contribution in [0.2, 0.25) is 0 Å². The van der Waals surface area contributed by atoms with Crippen molar-refractivity contribution in [2.45, 2.75) is 49.8 Å². The molecule has 0 radical (unpaired) electrons. The summed E-state index contributed by atoms with van der Waals surface area (Å²) in [6.45, 7) is 5.37. The van der Waals surface area contributed by atoms with Gasteiger partial charge in [0.2, 0.25) is 15.9 Å². The van der Waals surface area contributed by atoms with E-state index in [-0.39, 0.29) is 10.8 Å². The van der Waals surface area contributed by atoms with E-state index in [0.29, 0.717) is 39.1 Å². The Morgan fingerprint density at radius 2 is 1.77 bits per heavy atom. The summed E-state index contributed by atoms with van der Waals surface area (Å²) < 4.78 is 40.0. The highest BCUT2D eigenvalue weighted by atomic mass is 32.2. The van der Waals surface area contributed by atoms with Crippen molar-refractivity contribution < 1.29 is 22.7 Å². The van der Waals surface area contributed by atoms with Crippen molar-refractivity contribution in [3.63, 3.8) is 0 Å². The van der Waals surface area contributed by atoms with Gasteiger partial charge in [0.05, 0.1) is 30.7 Å². The fourth-order valence-electron chi connectivity index (χ4n) is 4.11. The maximum atomic E-state index is 13.4. The SMILES string of the molecule is Cc1ccc(S(=O)(=O)NC(C)C(=O)N2Cc3ccccc3OC3(CCOCC3)C2)cc1. The lowest BCUT2D eigenvalue weighted by atomic mass is 9.93. The number of hydrogen-bond acceptors (Lipinski definition) is 5. The molecule has 1 fully saturated rings. The van der Waals surface area contributed by atoms with Gasteiger partial charge in [0.25, 0.3) is 0 Å². The van der Waals surface area contributed by atoms with Gasteiger partial charge in [-0.3, -0.25) is 4.79 Å². The smallest absolute Gasteiger partial charge is 0.241 e. The number of carbonyl (C=O) groups excluding carboxylic acids is 1. The number of para-hydroxylation sites is 1. The summed E-state index contributed by atoms with van der Waals surface area (Å²) in [6, 6.07) is 13.3. The zero-order valence-corrected chi connectivity index (χ0v) is 18.7. The van der Waals surface area contributed by atoms with Crippen molar-refractivity contribution in [2.24, 2.45) is 0 Å². The Balaban J connectivity index is 1.56. The fraction of sp³-hybridized carbons (Fsp3) is 0.435. The molecule has 2 aliphatic heterocycles. The monoisotopic (exact) mass is 444 g/mol. The molecular weight excluding hydrogens is 416 g/mol. The first-order valence-electron chi connectivity index (χ1n) is 10.5. The van der Waals surface area contributed by atoms with Crippen molar-refractivity contribution in [2.75, 3.05) is 19.8 Å². The van der Waals surface area contributed by atoms with Gasteiger partial charge in [-0.15, -0.1) is 0 Å². The third kappa shape index (κ3) is 4.76. The summed E-state index contributed by atoms with van der Waals surface area (Å²) in [5, 5.41) is 0. The van der Waals surface area contributed by atoms with Crippen LogP contribution in [0.4, 0.5) is 0 Å². The molecule has 2 aliphatic rings. The van der Waals surface area contributed by atoms with E-state index in [2.05, 4.69) is 4.72 Å². The molecule has 1 spiro atoms.